The monoisotopic (exact) mass is 234 g/mol. The minimum Gasteiger partial charge on any atom is -0.465 e. The van der Waals surface area contributed by atoms with Crippen LogP contribution in [0.1, 0.15) is 0 Å². The summed E-state index contributed by atoms with van der Waals surface area (Å²) in [6, 6.07) is 6.43. The molecule has 7 heteroatoms. The summed E-state index contributed by atoms with van der Waals surface area (Å²) in [6.45, 7) is 0. The first-order chi connectivity index (χ1) is 8.13. The van der Waals surface area contributed by atoms with Gasteiger partial charge >= 0.3 is 12.1 Å². The number of para-hydroxylation sites is 2. The summed E-state index contributed by atoms with van der Waals surface area (Å²) in [6.07, 6.45) is -1.27. The molecule has 0 aliphatic carbocycles. The Hall–Kier alpha value is -2.57. The normalized spacial score (nSPS) is 10.2. The number of carboxylic acid groups (broad SMARTS) is 1. The van der Waals surface area contributed by atoms with Crippen LogP contribution < -0.4 is 10.6 Å². The summed E-state index contributed by atoms with van der Waals surface area (Å²) in [7, 11) is 1.46. The number of imidazole rings is 1. The Morgan fingerprint density at radius 1 is 1.35 bits per heavy atom. The molecule has 88 valence electrons. The lowest BCUT2D eigenvalue weighted by atomic mass is 10.3. The Morgan fingerprint density at radius 3 is 2.71 bits per heavy atom. The van der Waals surface area contributed by atoms with Gasteiger partial charge in [0.2, 0.25) is 5.95 Å². The Labute approximate surface area is 96.1 Å². The molecule has 7 nitrogen and oxygen atoms in total. The van der Waals surface area contributed by atoms with Crippen LogP contribution in [-0.4, -0.2) is 33.8 Å². The number of amides is 2. The summed E-state index contributed by atoms with van der Waals surface area (Å²) in [5, 5.41) is 13.2. The van der Waals surface area contributed by atoms with Crippen molar-refractivity contribution in [3.63, 3.8) is 0 Å². The molecule has 0 fully saturated rings. The van der Waals surface area contributed by atoms with Gasteiger partial charge in [0.25, 0.3) is 0 Å². The van der Waals surface area contributed by atoms with Gasteiger partial charge in [-0.25, -0.2) is 19.1 Å². The summed E-state index contributed by atoms with van der Waals surface area (Å²) in [5.74, 6) is -0.0296. The largest absolute Gasteiger partial charge is 0.465 e. The number of benzene rings is 1. The predicted octanol–water partition coefficient (Wildman–Crippen LogP) is 1.31. The van der Waals surface area contributed by atoms with Crippen LogP contribution in [0.25, 0.3) is 11.0 Å². The maximum atomic E-state index is 11.7. The van der Waals surface area contributed by atoms with Gasteiger partial charge in [-0.3, -0.25) is 5.32 Å². The number of nitrogens with zero attached hydrogens (tertiary/aromatic N) is 2. The molecule has 1 heterocycles. The Kier molecular flexibility index (Phi) is 2.65. The summed E-state index contributed by atoms with van der Waals surface area (Å²) in [4.78, 5) is 26.3. The van der Waals surface area contributed by atoms with E-state index in [0.717, 1.165) is 0 Å². The minimum absolute atomic E-state index is 0.0296. The number of hydrogen-bond acceptors (Lipinski definition) is 3. The quantitative estimate of drug-likeness (QED) is 0.693. The van der Waals surface area contributed by atoms with E-state index in [-0.39, 0.29) is 5.95 Å². The van der Waals surface area contributed by atoms with Crippen LogP contribution in [0.3, 0.4) is 0 Å². The number of hydrogen-bond donors (Lipinski definition) is 3. The van der Waals surface area contributed by atoms with Gasteiger partial charge in [-0.15, -0.1) is 0 Å². The van der Waals surface area contributed by atoms with E-state index in [2.05, 4.69) is 15.6 Å². The average molecular weight is 234 g/mol. The summed E-state index contributed by atoms with van der Waals surface area (Å²) >= 11 is 0. The SMILES string of the molecule is CNC(=O)n1c(NC(=O)O)nc2ccccc21. The van der Waals surface area contributed by atoms with Crippen molar-refractivity contribution in [3.05, 3.63) is 24.3 Å². The summed E-state index contributed by atoms with van der Waals surface area (Å²) < 4.78 is 1.17. The predicted molar refractivity (Wildman–Crippen MR) is 61.2 cm³/mol. The smallest absolute Gasteiger partial charge is 0.411 e. The highest BCUT2D eigenvalue weighted by Gasteiger charge is 2.16. The molecular formula is C10H10N4O3. The number of nitrogens with one attached hydrogen (secondary N) is 2. The van der Waals surface area contributed by atoms with Gasteiger partial charge in [0, 0.05) is 7.05 Å². The van der Waals surface area contributed by atoms with E-state index in [9.17, 15) is 9.59 Å². The highest BCUT2D eigenvalue weighted by atomic mass is 16.4. The van der Waals surface area contributed by atoms with E-state index in [1.54, 1.807) is 24.3 Å². The molecule has 3 N–H and O–H groups in total. The first-order valence-corrected chi connectivity index (χ1v) is 4.83. The molecule has 2 aromatic rings. The molecule has 0 saturated carbocycles. The zero-order valence-corrected chi connectivity index (χ0v) is 8.97. The van der Waals surface area contributed by atoms with Crippen molar-refractivity contribution in [2.75, 3.05) is 12.4 Å². The Balaban J connectivity index is 2.64. The first-order valence-electron chi connectivity index (χ1n) is 4.83. The Morgan fingerprint density at radius 2 is 2.06 bits per heavy atom. The van der Waals surface area contributed by atoms with Crippen LogP contribution in [-0.2, 0) is 0 Å². The summed E-state index contributed by atoms with van der Waals surface area (Å²) in [5.41, 5.74) is 1.08. The van der Waals surface area contributed by atoms with E-state index in [1.807, 2.05) is 0 Å². The highest BCUT2D eigenvalue weighted by molar-refractivity contribution is 5.95. The van der Waals surface area contributed by atoms with Crippen molar-refractivity contribution in [3.8, 4) is 0 Å². The van der Waals surface area contributed by atoms with Crippen LogP contribution in [0, 0.1) is 0 Å². The van der Waals surface area contributed by atoms with Crippen molar-refractivity contribution in [2.45, 2.75) is 0 Å². The molecule has 0 saturated heterocycles. The van der Waals surface area contributed by atoms with Gasteiger partial charge in [-0.1, -0.05) is 12.1 Å². The van der Waals surface area contributed by atoms with E-state index in [0.29, 0.717) is 11.0 Å². The molecule has 1 aromatic heterocycles. The third kappa shape index (κ3) is 1.89. The zero-order valence-electron chi connectivity index (χ0n) is 8.97. The number of aromatic nitrogens is 2. The molecule has 0 spiro atoms. The second kappa shape index (κ2) is 4.12. The van der Waals surface area contributed by atoms with Crippen LogP contribution in [0.5, 0.6) is 0 Å². The molecule has 0 bridgehead atoms. The van der Waals surface area contributed by atoms with Crippen molar-refractivity contribution in [2.24, 2.45) is 0 Å². The maximum absolute atomic E-state index is 11.7. The Bertz CT molecular complexity index is 590. The maximum Gasteiger partial charge on any atom is 0.411 e. The van der Waals surface area contributed by atoms with Gasteiger partial charge in [0.1, 0.15) is 0 Å². The second-order valence-electron chi connectivity index (χ2n) is 3.24. The lowest BCUT2D eigenvalue weighted by Crippen LogP contribution is -2.26. The van der Waals surface area contributed by atoms with Gasteiger partial charge < -0.3 is 10.4 Å². The van der Waals surface area contributed by atoms with E-state index < -0.39 is 12.1 Å². The number of carbonyl (C=O) groups is 2. The molecule has 17 heavy (non-hydrogen) atoms. The number of carbonyl (C=O) groups excluding carboxylic acids is 1. The fraction of sp³-hybridized carbons (Fsp3) is 0.100. The van der Waals surface area contributed by atoms with Gasteiger partial charge in [0.05, 0.1) is 11.0 Å². The van der Waals surface area contributed by atoms with Crippen LogP contribution in [0.4, 0.5) is 15.5 Å². The van der Waals surface area contributed by atoms with E-state index >= 15 is 0 Å². The van der Waals surface area contributed by atoms with Crippen LogP contribution in [0.2, 0.25) is 0 Å². The molecule has 0 aliphatic heterocycles. The molecule has 2 amide bonds. The van der Waals surface area contributed by atoms with Gasteiger partial charge in [0.15, 0.2) is 0 Å². The van der Waals surface area contributed by atoms with Gasteiger partial charge in [-0.05, 0) is 12.1 Å². The topological polar surface area (TPSA) is 96.2 Å². The van der Waals surface area contributed by atoms with Crippen molar-refractivity contribution in [1.82, 2.24) is 14.9 Å². The van der Waals surface area contributed by atoms with E-state index in [1.165, 1.54) is 11.6 Å². The third-order valence-corrected chi connectivity index (χ3v) is 2.20. The third-order valence-electron chi connectivity index (χ3n) is 2.20. The molecule has 0 aliphatic rings. The fourth-order valence-corrected chi connectivity index (χ4v) is 1.52. The molecule has 0 atom stereocenters. The van der Waals surface area contributed by atoms with Crippen LogP contribution >= 0.6 is 0 Å². The van der Waals surface area contributed by atoms with Gasteiger partial charge in [-0.2, -0.15) is 0 Å². The van der Waals surface area contributed by atoms with E-state index in [4.69, 9.17) is 5.11 Å². The molecular weight excluding hydrogens is 224 g/mol. The minimum atomic E-state index is -1.27. The van der Waals surface area contributed by atoms with Crippen molar-refractivity contribution < 1.29 is 14.7 Å². The highest BCUT2D eigenvalue weighted by Crippen LogP contribution is 2.18. The molecule has 0 radical (unpaired) electrons. The van der Waals surface area contributed by atoms with Crippen molar-refractivity contribution >= 4 is 29.1 Å². The fourth-order valence-electron chi connectivity index (χ4n) is 1.52. The average Bonchev–Trinajstić information content (AvgIpc) is 2.65. The molecule has 2 rings (SSSR count). The number of fused-ring (bicyclic) bond motifs is 1. The second-order valence-corrected chi connectivity index (χ2v) is 3.24. The molecule has 1 aromatic carbocycles. The molecule has 0 unspecified atom stereocenters. The lowest BCUT2D eigenvalue weighted by Gasteiger charge is -2.05. The standard InChI is InChI=1S/C10H10N4O3/c1-11-9(15)14-7-5-3-2-4-6(7)12-8(14)13-10(16)17/h2-5H,1H3,(H,11,15)(H,12,13)(H,16,17). The first kappa shape index (κ1) is 10.9. The van der Waals surface area contributed by atoms with Crippen molar-refractivity contribution in [1.29, 1.82) is 0 Å². The number of anilines is 1. The number of rotatable bonds is 1. The lowest BCUT2D eigenvalue weighted by molar-refractivity contribution is 0.209. The zero-order chi connectivity index (χ0) is 12.4. The van der Waals surface area contributed by atoms with Crippen LogP contribution in [0.15, 0.2) is 24.3 Å².